The van der Waals surface area contributed by atoms with E-state index in [9.17, 15) is 9.90 Å². The number of aliphatic hydroxyl groups is 1. The molecule has 3 rings (SSSR count). The summed E-state index contributed by atoms with van der Waals surface area (Å²) >= 11 is 0. The molecule has 78 valence electrons. The molecule has 0 bridgehead atoms. The predicted octanol–water partition coefficient (Wildman–Crippen LogP) is 0.912. The van der Waals surface area contributed by atoms with E-state index in [1.54, 1.807) is 0 Å². The minimum Gasteiger partial charge on any atom is -0.383 e. The molecule has 2 saturated heterocycles. The fourth-order valence-corrected chi connectivity index (χ4v) is 3.91. The van der Waals surface area contributed by atoms with Crippen molar-refractivity contribution in [3.05, 3.63) is 0 Å². The van der Waals surface area contributed by atoms with Crippen LogP contribution in [0.3, 0.4) is 0 Å². The van der Waals surface area contributed by atoms with E-state index in [2.05, 4.69) is 0 Å². The van der Waals surface area contributed by atoms with Crippen LogP contribution in [0, 0.1) is 5.92 Å². The summed E-state index contributed by atoms with van der Waals surface area (Å²) in [4.78, 5) is 13.8. The molecular weight excluding hydrogens is 178 g/mol. The SMILES string of the molecule is O=C1[C@H](O)[C@@H]2CCCC[C@@]23CCCN13. The summed E-state index contributed by atoms with van der Waals surface area (Å²) in [6.07, 6.45) is 6.16. The first kappa shape index (κ1) is 8.72. The van der Waals surface area contributed by atoms with Crippen molar-refractivity contribution < 1.29 is 9.90 Å². The summed E-state index contributed by atoms with van der Waals surface area (Å²) in [5.41, 5.74) is 0.0781. The lowest BCUT2D eigenvalue weighted by Gasteiger charge is -2.40. The first-order chi connectivity index (χ1) is 6.76. The molecule has 0 unspecified atom stereocenters. The Balaban J connectivity index is 2.02. The van der Waals surface area contributed by atoms with Crippen LogP contribution in [-0.4, -0.2) is 34.1 Å². The molecule has 3 heteroatoms. The number of nitrogens with zero attached hydrogens (tertiary/aromatic N) is 1. The van der Waals surface area contributed by atoms with Crippen LogP contribution < -0.4 is 0 Å². The molecule has 0 aromatic carbocycles. The van der Waals surface area contributed by atoms with E-state index in [1.165, 1.54) is 12.8 Å². The third-order valence-electron chi connectivity index (χ3n) is 4.49. The number of carbonyl (C=O) groups is 1. The second kappa shape index (κ2) is 2.72. The van der Waals surface area contributed by atoms with Gasteiger partial charge in [0.05, 0.1) is 0 Å². The van der Waals surface area contributed by atoms with Crippen LogP contribution in [0.2, 0.25) is 0 Å². The smallest absolute Gasteiger partial charge is 0.252 e. The molecule has 3 nitrogen and oxygen atoms in total. The molecule has 3 aliphatic rings. The highest BCUT2D eigenvalue weighted by atomic mass is 16.3. The minimum atomic E-state index is -0.685. The molecule has 2 heterocycles. The van der Waals surface area contributed by atoms with Crippen LogP contribution in [0.5, 0.6) is 0 Å². The summed E-state index contributed by atoms with van der Waals surface area (Å²) in [5, 5.41) is 9.90. The van der Waals surface area contributed by atoms with Crippen LogP contribution in [0.25, 0.3) is 0 Å². The Morgan fingerprint density at radius 2 is 2.07 bits per heavy atom. The van der Waals surface area contributed by atoms with Gasteiger partial charge in [0.15, 0.2) is 0 Å². The van der Waals surface area contributed by atoms with Crippen molar-refractivity contribution in [1.82, 2.24) is 4.90 Å². The number of rotatable bonds is 0. The average molecular weight is 195 g/mol. The highest BCUT2D eigenvalue weighted by Gasteiger charge is 2.59. The first-order valence-electron chi connectivity index (χ1n) is 5.75. The molecule has 3 atom stereocenters. The summed E-state index contributed by atoms with van der Waals surface area (Å²) in [6, 6.07) is 0. The fourth-order valence-electron chi connectivity index (χ4n) is 3.91. The van der Waals surface area contributed by atoms with Crippen LogP contribution in [0.15, 0.2) is 0 Å². The van der Waals surface area contributed by atoms with Crippen molar-refractivity contribution in [2.24, 2.45) is 5.92 Å². The van der Waals surface area contributed by atoms with Crippen molar-refractivity contribution in [2.45, 2.75) is 50.2 Å². The molecule has 2 aliphatic heterocycles. The van der Waals surface area contributed by atoms with Gasteiger partial charge in [0, 0.05) is 18.0 Å². The second-order valence-electron chi connectivity index (χ2n) is 4.99. The maximum atomic E-state index is 11.8. The second-order valence-corrected chi connectivity index (χ2v) is 4.99. The van der Waals surface area contributed by atoms with Gasteiger partial charge < -0.3 is 10.0 Å². The predicted molar refractivity (Wildman–Crippen MR) is 51.6 cm³/mol. The maximum Gasteiger partial charge on any atom is 0.252 e. The third kappa shape index (κ3) is 0.842. The van der Waals surface area contributed by atoms with Crippen LogP contribution in [0.1, 0.15) is 38.5 Å². The Morgan fingerprint density at radius 1 is 1.29 bits per heavy atom. The highest BCUT2D eigenvalue weighted by Crippen LogP contribution is 2.51. The van der Waals surface area contributed by atoms with E-state index in [-0.39, 0.29) is 17.4 Å². The molecule has 0 radical (unpaired) electrons. The van der Waals surface area contributed by atoms with E-state index in [0.29, 0.717) is 0 Å². The Hall–Kier alpha value is -0.570. The standard InChI is InChI=1S/C11H17NO2/c13-9-8-4-1-2-5-11(8)6-3-7-12(11)10(9)14/h8-9,13H,1-7H2/t8-,9+,11+/m0/s1. The van der Waals surface area contributed by atoms with E-state index < -0.39 is 6.10 Å². The number of hydrogen-bond donors (Lipinski definition) is 1. The number of aliphatic hydroxyl groups excluding tert-OH is 1. The Morgan fingerprint density at radius 3 is 2.93 bits per heavy atom. The average Bonchev–Trinajstić information content (AvgIpc) is 2.68. The summed E-state index contributed by atoms with van der Waals surface area (Å²) in [6.45, 7) is 0.881. The zero-order valence-corrected chi connectivity index (χ0v) is 8.41. The number of hydrogen-bond acceptors (Lipinski definition) is 2. The van der Waals surface area contributed by atoms with Crippen molar-refractivity contribution in [1.29, 1.82) is 0 Å². The summed E-state index contributed by atoms with van der Waals surface area (Å²) < 4.78 is 0. The number of carbonyl (C=O) groups excluding carboxylic acids is 1. The minimum absolute atomic E-state index is 0.00870. The lowest BCUT2D eigenvalue weighted by molar-refractivity contribution is -0.135. The zero-order chi connectivity index (χ0) is 9.76. The molecule has 14 heavy (non-hydrogen) atoms. The fraction of sp³-hybridized carbons (Fsp3) is 0.909. The van der Waals surface area contributed by atoms with Crippen molar-refractivity contribution in [2.75, 3.05) is 6.54 Å². The summed E-state index contributed by atoms with van der Waals surface area (Å²) in [7, 11) is 0. The van der Waals surface area contributed by atoms with Crippen molar-refractivity contribution in [3.8, 4) is 0 Å². The largest absolute Gasteiger partial charge is 0.383 e. The Bertz CT molecular complexity index is 278. The van der Waals surface area contributed by atoms with Gasteiger partial charge in [0.2, 0.25) is 0 Å². The van der Waals surface area contributed by atoms with E-state index in [0.717, 1.165) is 32.2 Å². The van der Waals surface area contributed by atoms with Crippen LogP contribution >= 0.6 is 0 Å². The molecule has 0 aromatic rings. The topological polar surface area (TPSA) is 40.5 Å². The molecule has 1 spiro atoms. The van der Waals surface area contributed by atoms with Gasteiger partial charge in [0.1, 0.15) is 6.10 Å². The van der Waals surface area contributed by atoms with Gasteiger partial charge in [0.25, 0.3) is 5.91 Å². The zero-order valence-electron chi connectivity index (χ0n) is 8.41. The van der Waals surface area contributed by atoms with Gasteiger partial charge in [-0.2, -0.15) is 0 Å². The Kier molecular flexibility index (Phi) is 1.69. The monoisotopic (exact) mass is 195 g/mol. The van der Waals surface area contributed by atoms with E-state index in [1.807, 2.05) is 4.90 Å². The van der Waals surface area contributed by atoms with Gasteiger partial charge in [-0.05, 0) is 25.7 Å². The molecule has 3 fully saturated rings. The maximum absolute atomic E-state index is 11.8. The quantitative estimate of drug-likeness (QED) is 0.624. The third-order valence-corrected chi connectivity index (χ3v) is 4.49. The Labute approximate surface area is 84.1 Å². The van der Waals surface area contributed by atoms with Gasteiger partial charge in [-0.3, -0.25) is 4.79 Å². The van der Waals surface area contributed by atoms with Gasteiger partial charge in [-0.15, -0.1) is 0 Å². The van der Waals surface area contributed by atoms with E-state index in [4.69, 9.17) is 0 Å². The summed E-state index contributed by atoms with van der Waals surface area (Å²) in [5.74, 6) is 0.251. The van der Waals surface area contributed by atoms with Crippen molar-refractivity contribution in [3.63, 3.8) is 0 Å². The molecule has 1 aliphatic carbocycles. The van der Waals surface area contributed by atoms with Crippen molar-refractivity contribution >= 4 is 5.91 Å². The molecule has 0 aromatic heterocycles. The van der Waals surface area contributed by atoms with E-state index >= 15 is 0 Å². The lowest BCUT2D eigenvalue weighted by Crippen LogP contribution is -2.46. The van der Waals surface area contributed by atoms with Gasteiger partial charge in [-0.1, -0.05) is 12.8 Å². The molecule has 1 amide bonds. The van der Waals surface area contributed by atoms with Crippen LogP contribution in [-0.2, 0) is 4.79 Å². The van der Waals surface area contributed by atoms with Gasteiger partial charge >= 0.3 is 0 Å². The lowest BCUT2D eigenvalue weighted by atomic mass is 9.72. The number of amides is 1. The van der Waals surface area contributed by atoms with Crippen LogP contribution in [0.4, 0.5) is 0 Å². The molecule has 1 saturated carbocycles. The van der Waals surface area contributed by atoms with Gasteiger partial charge in [-0.25, -0.2) is 0 Å². The highest BCUT2D eigenvalue weighted by molar-refractivity contribution is 5.85. The molecular formula is C11H17NO2. The first-order valence-corrected chi connectivity index (χ1v) is 5.75. The molecule has 1 N–H and O–H groups in total. The normalized spacial score (nSPS) is 46.6.